The Morgan fingerprint density at radius 1 is 1.17 bits per heavy atom. The number of Topliss-reactive ketones (excluding diaryl/α,β-unsaturated/α-hetero) is 1. The van der Waals surface area contributed by atoms with Crippen LogP contribution in [0, 0.1) is 0 Å². The third-order valence-electron chi connectivity index (χ3n) is 4.27. The summed E-state index contributed by atoms with van der Waals surface area (Å²) in [7, 11) is 1.54. The van der Waals surface area contributed by atoms with Crippen LogP contribution >= 0.6 is 15.9 Å². The van der Waals surface area contributed by atoms with E-state index >= 15 is 0 Å². The summed E-state index contributed by atoms with van der Waals surface area (Å²) in [5.74, 6) is 0.344. The molecule has 1 atom stereocenters. The van der Waals surface area contributed by atoms with E-state index in [-0.39, 0.29) is 11.7 Å². The molecule has 4 nitrogen and oxygen atoms in total. The standard InChI is InChI=1S/C19H18BrNO3/c1-24-17-10-9-14(20)12-15(17)19(23)21-11-5-8-16(21)18(22)13-6-3-2-4-7-13/h2-4,6-7,9-10,12,16H,5,8,11H2,1H3. The van der Waals surface area contributed by atoms with E-state index < -0.39 is 6.04 Å². The molecule has 1 fully saturated rings. The highest BCUT2D eigenvalue weighted by Gasteiger charge is 2.35. The largest absolute Gasteiger partial charge is 0.496 e. The van der Waals surface area contributed by atoms with Crippen LogP contribution in [0.1, 0.15) is 33.6 Å². The van der Waals surface area contributed by atoms with Crippen molar-refractivity contribution in [2.24, 2.45) is 0 Å². The van der Waals surface area contributed by atoms with Gasteiger partial charge in [-0.15, -0.1) is 0 Å². The zero-order chi connectivity index (χ0) is 17.1. The van der Waals surface area contributed by atoms with E-state index in [4.69, 9.17) is 4.74 Å². The third kappa shape index (κ3) is 3.22. The van der Waals surface area contributed by atoms with Gasteiger partial charge < -0.3 is 9.64 Å². The molecule has 2 aromatic rings. The molecular formula is C19H18BrNO3. The zero-order valence-corrected chi connectivity index (χ0v) is 15.0. The predicted molar refractivity (Wildman–Crippen MR) is 95.5 cm³/mol. The van der Waals surface area contributed by atoms with Gasteiger partial charge in [0.2, 0.25) is 0 Å². The maximum Gasteiger partial charge on any atom is 0.258 e. The number of ketones is 1. The first-order chi connectivity index (χ1) is 11.6. The van der Waals surface area contributed by atoms with Crippen molar-refractivity contribution in [2.75, 3.05) is 13.7 Å². The molecule has 0 aromatic heterocycles. The number of methoxy groups -OCH3 is 1. The maximum absolute atomic E-state index is 13.0. The molecule has 1 heterocycles. The summed E-state index contributed by atoms with van der Waals surface area (Å²) < 4.78 is 6.11. The van der Waals surface area contributed by atoms with Gasteiger partial charge in [-0.2, -0.15) is 0 Å². The second-order valence-corrected chi connectivity index (χ2v) is 6.65. The first-order valence-corrected chi connectivity index (χ1v) is 8.65. The summed E-state index contributed by atoms with van der Waals surface area (Å²) >= 11 is 3.39. The van der Waals surface area contributed by atoms with Crippen molar-refractivity contribution in [1.82, 2.24) is 4.90 Å². The molecule has 0 spiro atoms. The lowest BCUT2D eigenvalue weighted by atomic mass is 10.0. The van der Waals surface area contributed by atoms with Gasteiger partial charge in [0.1, 0.15) is 5.75 Å². The number of benzene rings is 2. The molecule has 1 unspecified atom stereocenters. The molecular weight excluding hydrogens is 370 g/mol. The number of halogens is 1. The molecule has 2 aromatic carbocycles. The summed E-state index contributed by atoms with van der Waals surface area (Å²) in [6, 6.07) is 14.0. The topological polar surface area (TPSA) is 46.6 Å². The molecule has 5 heteroatoms. The second-order valence-electron chi connectivity index (χ2n) is 5.73. The number of rotatable bonds is 4. The number of carbonyl (C=O) groups is 2. The lowest BCUT2D eigenvalue weighted by molar-refractivity contribution is 0.0669. The minimum Gasteiger partial charge on any atom is -0.496 e. The highest BCUT2D eigenvalue weighted by Crippen LogP contribution is 2.29. The molecule has 0 N–H and O–H groups in total. The summed E-state index contributed by atoms with van der Waals surface area (Å²) in [6.07, 6.45) is 1.51. The Balaban J connectivity index is 1.89. The van der Waals surface area contributed by atoms with Crippen molar-refractivity contribution in [3.8, 4) is 5.75 Å². The molecule has 24 heavy (non-hydrogen) atoms. The number of amides is 1. The van der Waals surface area contributed by atoms with Crippen molar-refractivity contribution in [3.63, 3.8) is 0 Å². The fraction of sp³-hybridized carbons (Fsp3) is 0.263. The van der Waals surface area contributed by atoms with Crippen molar-refractivity contribution >= 4 is 27.6 Å². The van der Waals surface area contributed by atoms with Crippen molar-refractivity contribution in [1.29, 1.82) is 0 Å². The van der Waals surface area contributed by atoms with Crippen LogP contribution in [0.15, 0.2) is 53.0 Å². The summed E-state index contributed by atoms with van der Waals surface area (Å²) in [4.78, 5) is 27.4. The van der Waals surface area contributed by atoms with Gasteiger partial charge in [-0.25, -0.2) is 0 Å². The molecule has 0 aliphatic carbocycles. The Labute approximate surface area is 149 Å². The van der Waals surface area contributed by atoms with Crippen molar-refractivity contribution < 1.29 is 14.3 Å². The number of hydrogen-bond acceptors (Lipinski definition) is 3. The van der Waals surface area contributed by atoms with Gasteiger partial charge in [-0.1, -0.05) is 46.3 Å². The molecule has 0 bridgehead atoms. The summed E-state index contributed by atoms with van der Waals surface area (Å²) in [6.45, 7) is 0.581. The molecule has 0 saturated carbocycles. The van der Waals surface area contributed by atoms with E-state index in [1.807, 2.05) is 24.3 Å². The lowest BCUT2D eigenvalue weighted by Crippen LogP contribution is -2.40. The average Bonchev–Trinajstić information content (AvgIpc) is 3.10. The van der Waals surface area contributed by atoms with E-state index in [1.54, 1.807) is 29.2 Å². The van der Waals surface area contributed by atoms with Gasteiger partial charge in [0, 0.05) is 16.6 Å². The van der Waals surface area contributed by atoms with E-state index in [9.17, 15) is 9.59 Å². The van der Waals surface area contributed by atoms with Gasteiger partial charge in [-0.05, 0) is 31.0 Å². The lowest BCUT2D eigenvalue weighted by Gasteiger charge is -2.24. The molecule has 3 rings (SSSR count). The highest BCUT2D eigenvalue weighted by atomic mass is 79.9. The van der Waals surface area contributed by atoms with E-state index in [0.717, 1.165) is 10.9 Å². The monoisotopic (exact) mass is 387 g/mol. The molecule has 1 aliphatic heterocycles. The molecule has 1 saturated heterocycles. The Hall–Kier alpha value is -2.14. The summed E-state index contributed by atoms with van der Waals surface area (Å²) in [5, 5.41) is 0. The normalized spacial score (nSPS) is 16.9. The molecule has 124 valence electrons. The predicted octanol–water partition coefficient (Wildman–Crippen LogP) is 3.95. The number of likely N-dealkylation sites (tertiary alicyclic amines) is 1. The van der Waals surface area contributed by atoms with E-state index in [0.29, 0.717) is 29.8 Å². The fourth-order valence-electron chi connectivity index (χ4n) is 3.08. The number of nitrogens with zero attached hydrogens (tertiary/aromatic N) is 1. The molecule has 1 aliphatic rings. The van der Waals surface area contributed by atoms with E-state index in [1.165, 1.54) is 7.11 Å². The Morgan fingerprint density at radius 3 is 2.62 bits per heavy atom. The Morgan fingerprint density at radius 2 is 1.92 bits per heavy atom. The first kappa shape index (κ1) is 16.7. The van der Waals surface area contributed by atoms with Crippen LogP contribution in [-0.2, 0) is 0 Å². The van der Waals surface area contributed by atoms with Gasteiger partial charge in [-0.3, -0.25) is 9.59 Å². The SMILES string of the molecule is COc1ccc(Br)cc1C(=O)N1CCCC1C(=O)c1ccccc1. The fourth-order valence-corrected chi connectivity index (χ4v) is 3.44. The smallest absolute Gasteiger partial charge is 0.258 e. The first-order valence-electron chi connectivity index (χ1n) is 7.85. The van der Waals surface area contributed by atoms with Crippen LogP contribution < -0.4 is 4.74 Å². The highest BCUT2D eigenvalue weighted by molar-refractivity contribution is 9.10. The number of carbonyl (C=O) groups excluding carboxylic acids is 2. The van der Waals surface area contributed by atoms with Crippen LogP contribution in [0.4, 0.5) is 0 Å². The zero-order valence-electron chi connectivity index (χ0n) is 13.4. The van der Waals surface area contributed by atoms with Gasteiger partial charge >= 0.3 is 0 Å². The van der Waals surface area contributed by atoms with Crippen molar-refractivity contribution in [2.45, 2.75) is 18.9 Å². The van der Waals surface area contributed by atoms with Crippen LogP contribution in [0.25, 0.3) is 0 Å². The van der Waals surface area contributed by atoms with Crippen LogP contribution in [0.2, 0.25) is 0 Å². The molecule has 1 amide bonds. The Bertz CT molecular complexity index is 760. The van der Waals surface area contributed by atoms with Crippen molar-refractivity contribution in [3.05, 3.63) is 64.1 Å². The minimum atomic E-state index is -0.413. The Kier molecular flexibility index (Phi) is 5.00. The third-order valence-corrected chi connectivity index (χ3v) is 4.76. The second kappa shape index (κ2) is 7.18. The van der Waals surface area contributed by atoms with E-state index in [2.05, 4.69) is 15.9 Å². The average molecular weight is 388 g/mol. The van der Waals surface area contributed by atoms with Crippen LogP contribution in [0.3, 0.4) is 0 Å². The molecule has 0 radical (unpaired) electrons. The number of ether oxygens (including phenoxy) is 1. The van der Waals surface area contributed by atoms with Gasteiger partial charge in [0.05, 0.1) is 18.7 Å². The van der Waals surface area contributed by atoms with Gasteiger partial charge in [0.25, 0.3) is 5.91 Å². The number of hydrogen-bond donors (Lipinski definition) is 0. The summed E-state index contributed by atoms with van der Waals surface area (Å²) in [5.41, 5.74) is 1.11. The quantitative estimate of drug-likeness (QED) is 0.746. The maximum atomic E-state index is 13.0. The van der Waals surface area contributed by atoms with Gasteiger partial charge in [0.15, 0.2) is 5.78 Å². The minimum absolute atomic E-state index is 0.00425. The van der Waals surface area contributed by atoms with Crippen LogP contribution in [-0.4, -0.2) is 36.3 Å². The van der Waals surface area contributed by atoms with Crippen LogP contribution in [0.5, 0.6) is 5.75 Å².